The molecular weight excluding hydrogens is 419 g/mol. The van der Waals surface area contributed by atoms with Crippen LogP contribution in [0.5, 0.6) is 0 Å². The van der Waals surface area contributed by atoms with Crippen molar-refractivity contribution in [3.05, 3.63) is 0 Å². The molecule has 0 radical (unpaired) electrons. The highest BCUT2D eigenvalue weighted by Gasteiger charge is 2.20. The van der Waals surface area contributed by atoms with Crippen LogP contribution in [0.15, 0.2) is 4.99 Å². The number of unbranched alkanes of at least 4 members (excludes halogenated alkanes) is 1. The van der Waals surface area contributed by atoms with Gasteiger partial charge in [0, 0.05) is 40.8 Å². The monoisotopic (exact) mass is 456 g/mol. The van der Waals surface area contributed by atoms with Crippen LogP contribution >= 0.6 is 24.0 Å². The molecule has 0 aliphatic carbocycles. The molecule has 0 fully saturated rings. The van der Waals surface area contributed by atoms with Gasteiger partial charge in [-0.3, -0.25) is 4.99 Å². The van der Waals surface area contributed by atoms with E-state index >= 15 is 0 Å². The Kier molecular flexibility index (Phi) is 13.4. The number of carbonyl (C=O) groups excluding carboxylic acids is 1. The first-order chi connectivity index (χ1) is 10.6. The molecule has 0 rings (SSSR count). The Balaban J connectivity index is 0. The minimum atomic E-state index is -0.461. The Hall–Kier alpha value is -0.730. The van der Waals surface area contributed by atoms with Crippen LogP contribution in [0.3, 0.4) is 0 Å². The van der Waals surface area contributed by atoms with Gasteiger partial charge in [-0.05, 0) is 33.1 Å². The van der Waals surface area contributed by atoms with E-state index in [-0.39, 0.29) is 30.1 Å². The molecule has 7 heteroatoms. The molecule has 24 heavy (non-hydrogen) atoms. The van der Waals surface area contributed by atoms with Crippen molar-refractivity contribution in [2.75, 3.05) is 40.8 Å². The van der Waals surface area contributed by atoms with Crippen LogP contribution in [-0.4, -0.2) is 68.2 Å². The maximum absolute atomic E-state index is 12.0. The van der Waals surface area contributed by atoms with Crippen LogP contribution in [0.4, 0.5) is 4.79 Å². The zero-order valence-corrected chi connectivity index (χ0v) is 19.0. The Labute approximate surface area is 165 Å². The second-order valence-corrected chi connectivity index (χ2v) is 7.17. The number of ether oxygens (including phenoxy) is 1. The van der Waals surface area contributed by atoms with Crippen molar-refractivity contribution >= 4 is 36.0 Å². The number of hydrogen-bond donors (Lipinski definition) is 1. The highest BCUT2D eigenvalue weighted by atomic mass is 127. The summed E-state index contributed by atoms with van der Waals surface area (Å²) in [5, 5.41) is 3.37. The summed E-state index contributed by atoms with van der Waals surface area (Å²) in [4.78, 5) is 20.0. The third-order valence-corrected chi connectivity index (χ3v) is 3.32. The Bertz CT molecular complexity index is 383. The Morgan fingerprint density at radius 1 is 1.25 bits per heavy atom. The van der Waals surface area contributed by atoms with E-state index in [4.69, 9.17) is 4.74 Å². The fraction of sp³-hybridized carbons (Fsp3) is 0.882. The summed E-state index contributed by atoms with van der Waals surface area (Å²) >= 11 is 0. The normalized spacial score (nSPS) is 12.9. The first kappa shape index (κ1) is 25.5. The number of nitrogens with one attached hydrogen (secondary N) is 1. The molecule has 1 amide bonds. The molecule has 6 nitrogen and oxygen atoms in total. The van der Waals surface area contributed by atoms with Crippen LogP contribution in [0, 0.1) is 5.92 Å². The van der Waals surface area contributed by atoms with Crippen molar-refractivity contribution in [2.45, 2.75) is 53.1 Å². The molecule has 0 saturated carbocycles. The molecular formula is C17H37IN4O2. The third-order valence-electron chi connectivity index (χ3n) is 3.32. The minimum absolute atomic E-state index is 0. The maximum atomic E-state index is 12.0. The lowest BCUT2D eigenvalue weighted by Crippen LogP contribution is -2.43. The summed E-state index contributed by atoms with van der Waals surface area (Å²) in [6.45, 7) is 12.3. The fourth-order valence-corrected chi connectivity index (χ4v) is 2.10. The van der Waals surface area contributed by atoms with Crippen molar-refractivity contribution in [1.29, 1.82) is 0 Å². The van der Waals surface area contributed by atoms with Gasteiger partial charge in [0.25, 0.3) is 0 Å². The number of halogens is 1. The molecule has 0 aromatic rings. The van der Waals surface area contributed by atoms with Crippen LogP contribution in [-0.2, 0) is 4.74 Å². The van der Waals surface area contributed by atoms with Gasteiger partial charge in [0.05, 0.1) is 0 Å². The molecule has 0 saturated heterocycles. The number of amides is 1. The number of nitrogens with zero attached hydrogens (tertiary/aromatic N) is 3. The number of aliphatic imine (C=N–C) groups is 1. The first-order valence-corrected chi connectivity index (χ1v) is 8.46. The number of hydrogen-bond acceptors (Lipinski definition) is 3. The standard InChI is InChI=1S/C17H36N4O2.HI/c1-9-10-11-20(7)15(18-6)19-12-14(2)13-21(8)16(22)23-17(3,4)5;/h14H,9-13H2,1-8H3,(H,18,19);1H. The quantitative estimate of drug-likeness (QED) is 0.363. The lowest BCUT2D eigenvalue weighted by atomic mass is 10.1. The van der Waals surface area contributed by atoms with E-state index in [0.29, 0.717) is 12.5 Å². The predicted octanol–water partition coefficient (Wildman–Crippen LogP) is 3.41. The summed E-state index contributed by atoms with van der Waals surface area (Å²) in [7, 11) is 5.61. The van der Waals surface area contributed by atoms with Crippen LogP contribution in [0.2, 0.25) is 0 Å². The highest BCUT2D eigenvalue weighted by Crippen LogP contribution is 2.10. The predicted molar refractivity (Wildman–Crippen MR) is 112 cm³/mol. The van der Waals surface area contributed by atoms with Crippen molar-refractivity contribution in [1.82, 2.24) is 15.1 Å². The van der Waals surface area contributed by atoms with Gasteiger partial charge in [-0.15, -0.1) is 24.0 Å². The average Bonchev–Trinajstić information content (AvgIpc) is 2.43. The van der Waals surface area contributed by atoms with Crippen molar-refractivity contribution in [3.63, 3.8) is 0 Å². The molecule has 1 atom stereocenters. The maximum Gasteiger partial charge on any atom is 0.410 e. The summed E-state index contributed by atoms with van der Waals surface area (Å²) in [5.41, 5.74) is -0.461. The second-order valence-electron chi connectivity index (χ2n) is 7.17. The molecule has 1 unspecified atom stereocenters. The van der Waals surface area contributed by atoms with Gasteiger partial charge < -0.3 is 19.9 Å². The Morgan fingerprint density at radius 3 is 2.29 bits per heavy atom. The number of carbonyl (C=O) groups is 1. The first-order valence-electron chi connectivity index (χ1n) is 8.46. The van der Waals surface area contributed by atoms with Crippen LogP contribution < -0.4 is 5.32 Å². The lowest BCUT2D eigenvalue weighted by Gasteiger charge is -2.27. The van der Waals surface area contributed by atoms with Gasteiger partial charge in [-0.2, -0.15) is 0 Å². The smallest absolute Gasteiger partial charge is 0.410 e. The van der Waals surface area contributed by atoms with E-state index in [1.165, 1.54) is 6.42 Å². The molecule has 0 aromatic heterocycles. The van der Waals surface area contributed by atoms with Crippen LogP contribution in [0.1, 0.15) is 47.5 Å². The molecule has 0 aromatic carbocycles. The molecule has 0 bridgehead atoms. The average molecular weight is 456 g/mol. The molecule has 1 N–H and O–H groups in total. The Morgan fingerprint density at radius 2 is 1.83 bits per heavy atom. The van der Waals surface area contributed by atoms with Gasteiger partial charge in [0.1, 0.15) is 5.60 Å². The van der Waals surface area contributed by atoms with Gasteiger partial charge in [-0.1, -0.05) is 20.3 Å². The van der Waals surface area contributed by atoms with E-state index in [1.54, 1.807) is 19.0 Å². The summed E-state index contributed by atoms with van der Waals surface area (Å²) in [6, 6.07) is 0. The molecule has 0 heterocycles. The van der Waals surface area contributed by atoms with Crippen molar-refractivity contribution < 1.29 is 9.53 Å². The van der Waals surface area contributed by atoms with E-state index in [0.717, 1.165) is 25.5 Å². The van der Waals surface area contributed by atoms with E-state index in [1.807, 2.05) is 27.8 Å². The molecule has 144 valence electrons. The van der Waals surface area contributed by atoms with Gasteiger partial charge in [0.2, 0.25) is 0 Å². The van der Waals surface area contributed by atoms with Crippen molar-refractivity contribution in [2.24, 2.45) is 10.9 Å². The zero-order valence-electron chi connectivity index (χ0n) is 16.7. The second kappa shape index (κ2) is 12.6. The third kappa shape index (κ3) is 11.8. The largest absolute Gasteiger partial charge is 0.444 e. The van der Waals surface area contributed by atoms with Gasteiger partial charge >= 0.3 is 6.09 Å². The summed E-state index contributed by atoms with van der Waals surface area (Å²) < 4.78 is 5.36. The van der Waals surface area contributed by atoms with Gasteiger partial charge in [-0.25, -0.2) is 4.79 Å². The minimum Gasteiger partial charge on any atom is -0.444 e. The summed E-state index contributed by atoms with van der Waals surface area (Å²) in [6.07, 6.45) is 2.03. The molecule has 0 aliphatic heterocycles. The van der Waals surface area contributed by atoms with Gasteiger partial charge in [0.15, 0.2) is 5.96 Å². The SMILES string of the molecule is CCCCN(C)C(=NC)NCC(C)CN(C)C(=O)OC(C)(C)C.I. The summed E-state index contributed by atoms with van der Waals surface area (Å²) in [5.74, 6) is 1.19. The molecule has 0 aliphatic rings. The zero-order chi connectivity index (χ0) is 18.0. The fourth-order valence-electron chi connectivity index (χ4n) is 2.10. The number of rotatable bonds is 7. The topological polar surface area (TPSA) is 57.2 Å². The molecule has 0 spiro atoms. The van der Waals surface area contributed by atoms with E-state index in [2.05, 4.69) is 29.1 Å². The lowest BCUT2D eigenvalue weighted by molar-refractivity contribution is 0.0278. The number of guanidine groups is 1. The van der Waals surface area contributed by atoms with Crippen molar-refractivity contribution in [3.8, 4) is 0 Å². The van der Waals surface area contributed by atoms with E-state index < -0.39 is 5.60 Å². The van der Waals surface area contributed by atoms with Crippen LogP contribution in [0.25, 0.3) is 0 Å². The highest BCUT2D eigenvalue weighted by molar-refractivity contribution is 14.0. The van der Waals surface area contributed by atoms with E-state index in [9.17, 15) is 4.79 Å².